The van der Waals surface area contributed by atoms with Gasteiger partial charge in [0.1, 0.15) is 11.5 Å². The molecule has 0 aliphatic rings. The Kier molecular flexibility index (Phi) is 4.77. The van der Waals surface area contributed by atoms with Crippen LogP contribution in [0.2, 0.25) is 0 Å². The zero-order valence-electron chi connectivity index (χ0n) is 10.5. The van der Waals surface area contributed by atoms with Crippen molar-refractivity contribution in [1.82, 2.24) is 4.90 Å². The summed E-state index contributed by atoms with van der Waals surface area (Å²) in [7, 11) is 0. The summed E-state index contributed by atoms with van der Waals surface area (Å²) in [6.07, 6.45) is 1.92. The van der Waals surface area contributed by atoms with Crippen molar-refractivity contribution in [1.29, 1.82) is 0 Å². The van der Waals surface area contributed by atoms with Gasteiger partial charge in [0, 0.05) is 24.7 Å². The van der Waals surface area contributed by atoms with Crippen molar-refractivity contribution < 1.29 is 4.42 Å². The Labute approximate surface area is 97.9 Å². The molecule has 1 aromatic heterocycles. The summed E-state index contributed by atoms with van der Waals surface area (Å²) in [5, 5.41) is 0. The number of nitrogens with two attached hydrogens (primary N) is 1. The molecule has 0 atom stereocenters. The van der Waals surface area contributed by atoms with Gasteiger partial charge in [0.2, 0.25) is 0 Å². The Balaban J connectivity index is 2.72. The molecule has 3 nitrogen and oxygen atoms in total. The molecular weight excluding hydrogens is 200 g/mol. The average molecular weight is 222 g/mol. The van der Waals surface area contributed by atoms with Crippen LogP contribution in [0, 0.1) is 6.92 Å². The summed E-state index contributed by atoms with van der Waals surface area (Å²) in [4.78, 5) is 2.30. The lowest BCUT2D eigenvalue weighted by Crippen LogP contribution is -2.30. The second-order valence-corrected chi connectivity index (χ2v) is 4.31. The summed E-state index contributed by atoms with van der Waals surface area (Å²) in [5.41, 5.74) is 6.72. The van der Waals surface area contributed by atoms with Gasteiger partial charge in [-0.05, 0) is 26.8 Å². The molecule has 0 saturated carbocycles. The van der Waals surface area contributed by atoms with Crippen LogP contribution in [-0.4, -0.2) is 17.5 Å². The van der Waals surface area contributed by atoms with Gasteiger partial charge >= 0.3 is 0 Å². The molecule has 0 fully saturated rings. The Morgan fingerprint density at radius 2 is 2.25 bits per heavy atom. The van der Waals surface area contributed by atoms with Crippen LogP contribution in [-0.2, 0) is 13.1 Å². The molecule has 2 N–H and O–H groups in total. The molecular formula is C13H22N2O. The van der Waals surface area contributed by atoms with Gasteiger partial charge < -0.3 is 10.2 Å². The number of nitrogens with zero attached hydrogens (tertiary/aromatic N) is 1. The molecule has 0 aliphatic carbocycles. The van der Waals surface area contributed by atoms with Crippen molar-refractivity contribution in [3.05, 3.63) is 35.8 Å². The number of rotatable bonds is 6. The Hall–Kier alpha value is -1.06. The van der Waals surface area contributed by atoms with E-state index in [1.165, 1.54) is 0 Å². The number of aryl methyl sites for hydroxylation is 1. The van der Waals surface area contributed by atoms with Crippen molar-refractivity contribution in [2.45, 2.75) is 39.9 Å². The van der Waals surface area contributed by atoms with Crippen LogP contribution in [0.1, 0.15) is 30.9 Å². The third-order valence-corrected chi connectivity index (χ3v) is 2.74. The topological polar surface area (TPSA) is 42.4 Å². The van der Waals surface area contributed by atoms with E-state index in [-0.39, 0.29) is 0 Å². The second-order valence-electron chi connectivity index (χ2n) is 4.31. The maximum Gasteiger partial charge on any atom is 0.118 e. The molecule has 0 amide bonds. The molecule has 3 heteroatoms. The Bertz CT molecular complexity index is 342. The van der Waals surface area contributed by atoms with Gasteiger partial charge in [0.25, 0.3) is 0 Å². The number of hydrogen-bond acceptors (Lipinski definition) is 3. The van der Waals surface area contributed by atoms with Crippen LogP contribution >= 0.6 is 0 Å². The first-order chi connectivity index (χ1) is 7.58. The van der Waals surface area contributed by atoms with Crippen LogP contribution in [0.5, 0.6) is 0 Å². The third kappa shape index (κ3) is 3.22. The van der Waals surface area contributed by atoms with Crippen molar-refractivity contribution in [3.8, 4) is 0 Å². The molecule has 90 valence electrons. The maximum atomic E-state index is 5.68. The molecule has 0 bridgehead atoms. The van der Waals surface area contributed by atoms with E-state index < -0.39 is 0 Å². The standard InChI is InChI=1S/C13H22N2O/c1-5-6-15(10(2)3)9-13-7-12(8-14)11(4)16-13/h5,7,10H,1,6,8-9,14H2,2-4H3. The smallest absolute Gasteiger partial charge is 0.118 e. The minimum absolute atomic E-state index is 0.477. The van der Waals surface area contributed by atoms with Crippen LogP contribution < -0.4 is 5.73 Å². The first kappa shape index (κ1) is 13.0. The van der Waals surface area contributed by atoms with Crippen molar-refractivity contribution in [2.75, 3.05) is 6.54 Å². The summed E-state index contributed by atoms with van der Waals surface area (Å²) in [6.45, 7) is 12.3. The van der Waals surface area contributed by atoms with Gasteiger partial charge in [-0.15, -0.1) is 6.58 Å². The van der Waals surface area contributed by atoms with Crippen LogP contribution in [0.25, 0.3) is 0 Å². The summed E-state index contributed by atoms with van der Waals surface area (Å²) < 4.78 is 5.68. The lowest BCUT2D eigenvalue weighted by molar-refractivity contribution is 0.217. The highest BCUT2D eigenvalue weighted by Gasteiger charge is 2.12. The van der Waals surface area contributed by atoms with E-state index in [1.807, 2.05) is 19.1 Å². The molecule has 16 heavy (non-hydrogen) atoms. The fraction of sp³-hybridized carbons (Fsp3) is 0.538. The largest absolute Gasteiger partial charge is 0.465 e. The Morgan fingerprint density at radius 1 is 1.56 bits per heavy atom. The van der Waals surface area contributed by atoms with E-state index in [9.17, 15) is 0 Å². The molecule has 0 radical (unpaired) electrons. The van der Waals surface area contributed by atoms with E-state index >= 15 is 0 Å². The van der Waals surface area contributed by atoms with Gasteiger partial charge in [0.05, 0.1) is 6.54 Å². The highest BCUT2D eigenvalue weighted by molar-refractivity contribution is 5.20. The zero-order chi connectivity index (χ0) is 12.1. The lowest BCUT2D eigenvalue weighted by Gasteiger charge is -2.23. The quantitative estimate of drug-likeness (QED) is 0.752. The predicted octanol–water partition coefficient (Wildman–Crippen LogP) is 2.44. The first-order valence-electron chi connectivity index (χ1n) is 5.71. The zero-order valence-corrected chi connectivity index (χ0v) is 10.5. The second kappa shape index (κ2) is 5.87. The fourth-order valence-electron chi connectivity index (χ4n) is 1.69. The van der Waals surface area contributed by atoms with Gasteiger partial charge in [-0.3, -0.25) is 4.90 Å². The lowest BCUT2D eigenvalue weighted by atomic mass is 10.2. The molecule has 0 aliphatic heterocycles. The summed E-state index contributed by atoms with van der Waals surface area (Å²) in [6, 6.07) is 2.53. The normalized spacial score (nSPS) is 11.4. The van der Waals surface area contributed by atoms with Crippen LogP contribution in [0.4, 0.5) is 0 Å². The van der Waals surface area contributed by atoms with E-state index in [4.69, 9.17) is 10.2 Å². The molecule has 0 saturated heterocycles. The van der Waals surface area contributed by atoms with Gasteiger partial charge in [-0.25, -0.2) is 0 Å². The van der Waals surface area contributed by atoms with E-state index in [1.54, 1.807) is 0 Å². The van der Waals surface area contributed by atoms with Crippen LogP contribution in [0.15, 0.2) is 23.1 Å². The highest BCUT2D eigenvalue weighted by atomic mass is 16.3. The molecule has 1 rings (SSSR count). The molecule has 0 spiro atoms. The first-order valence-corrected chi connectivity index (χ1v) is 5.71. The van der Waals surface area contributed by atoms with Gasteiger partial charge in [-0.2, -0.15) is 0 Å². The SMILES string of the molecule is C=CCN(Cc1cc(CN)c(C)o1)C(C)C. The van der Waals surface area contributed by atoms with Crippen LogP contribution in [0.3, 0.4) is 0 Å². The minimum atomic E-state index is 0.477. The summed E-state index contributed by atoms with van der Waals surface area (Å²) >= 11 is 0. The maximum absolute atomic E-state index is 5.68. The highest BCUT2D eigenvalue weighted by Crippen LogP contribution is 2.16. The number of furan rings is 1. The van der Waals surface area contributed by atoms with Gasteiger partial charge in [-0.1, -0.05) is 6.08 Å². The average Bonchev–Trinajstić information content (AvgIpc) is 2.58. The third-order valence-electron chi connectivity index (χ3n) is 2.74. The fourth-order valence-corrected chi connectivity index (χ4v) is 1.69. The van der Waals surface area contributed by atoms with E-state index in [2.05, 4.69) is 25.3 Å². The predicted molar refractivity (Wildman–Crippen MR) is 67.1 cm³/mol. The molecule has 0 unspecified atom stereocenters. The van der Waals surface area contributed by atoms with E-state index in [0.29, 0.717) is 12.6 Å². The van der Waals surface area contributed by atoms with Crippen molar-refractivity contribution in [2.24, 2.45) is 5.73 Å². The van der Waals surface area contributed by atoms with Crippen molar-refractivity contribution >= 4 is 0 Å². The number of hydrogen-bond donors (Lipinski definition) is 1. The summed E-state index contributed by atoms with van der Waals surface area (Å²) in [5.74, 6) is 1.91. The Morgan fingerprint density at radius 3 is 2.69 bits per heavy atom. The minimum Gasteiger partial charge on any atom is -0.465 e. The monoisotopic (exact) mass is 222 g/mol. The molecule has 1 heterocycles. The molecule has 1 aromatic rings. The van der Waals surface area contributed by atoms with E-state index in [0.717, 1.165) is 30.2 Å². The molecule has 0 aromatic carbocycles. The van der Waals surface area contributed by atoms with Crippen molar-refractivity contribution in [3.63, 3.8) is 0 Å². The van der Waals surface area contributed by atoms with Gasteiger partial charge in [0.15, 0.2) is 0 Å².